The van der Waals surface area contributed by atoms with E-state index in [1.54, 1.807) is 0 Å². The fourth-order valence-corrected chi connectivity index (χ4v) is 1.91. The molecule has 0 bridgehead atoms. The number of amides is 1. The first kappa shape index (κ1) is 13.8. The maximum Gasteiger partial charge on any atom is 0.239 e. The van der Waals surface area contributed by atoms with Crippen molar-refractivity contribution in [1.82, 2.24) is 10.6 Å². The summed E-state index contributed by atoms with van der Waals surface area (Å²) in [4.78, 5) is 11.8. The zero-order chi connectivity index (χ0) is 13.5. The normalized spacial score (nSPS) is 18.9. The number of ether oxygens (including phenoxy) is 2. The molecule has 19 heavy (non-hydrogen) atoms. The van der Waals surface area contributed by atoms with Crippen LogP contribution in [-0.4, -0.2) is 44.9 Å². The molecule has 0 aliphatic carbocycles. The van der Waals surface area contributed by atoms with Crippen LogP contribution in [0.1, 0.15) is 5.56 Å². The van der Waals surface area contributed by atoms with Crippen molar-refractivity contribution in [2.24, 2.45) is 0 Å². The van der Waals surface area contributed by atoms with Crippen LogP contribution < -0.4 is 15.4 Å². The van der Waals surface area contributed by atoms with Gasteiger partial charge >= 0.3 is 0 Å². The molecule has 2 rings (SSSR count). The van der Waals surface area contributed by atoms with E-state index in [1.807, 2.05) is 31.2 Å². The summed E-state index contributed by atoms with van der Waals surface area (Å²) >= 11 is 0. The van der Waals surface area contributed by atoms with Crippen LogP contribution in [0.15, 0.2) is 24.3 Å². The van der Waals surface area contributed by atoms with Gasteiger partial charge in [0, 0.05) is 6.54 Å². The Bertz CT molecular complexity index is 417. The third-order valence-electron chi connectivity index (χ3n) is 2.99. The van der Waals surface area contributed by atoms with E-state index in [-0.39, 0.29) is 11.9 Å². The summed E-state index contributed by atoms with van der Waals surface area (Å²) in [5, 5.41) is 5.94. The van der Waals surface area contributed by atoms with Crippen LogP contribution in [-0.2, 0) is 9.53 Å². The second-order valence-corrected chi connectivity index (χ2v) is 4.49. The van der Waals surface area contributed by atoms with Crippen molar-refractivity contribution in [3.05, 3.63) is 29.8 Å². The number of para-hydroxylation sites is 1. The fourth-order valence-electron chi connectivity index (χ4n) is 1.91. The van der Waals surface area contributed by atoms with Gasteiger partial charge in [-0.15, -0.1) is 0 Å². The largest absolute Gasteiger partial charge is 0.491 e. The van der Waals surface area contributed by atoms with Gasteiger partial charge in [0.25, 0.3) is 0 Å². The molecule has 1 aliphatic heterocycles. The van der Waals surface area contributed by atoms with Gasteiger partial charge in [0.1, 0.15) is 18.4 Å². The minimum atomic E-state index is -0.243. The molecule has 5 nitrogen and oxygen atoms in total. The Hall–Kier alpha value is -1.59. The summed E-state index contributed by atoms with van der Waals surface area (Å²) < 4.78 is 10.8. The lowest BCUT2D eigenvalue weighted by Gasteiger charge is -2.22. The van der Waals surface area contributed by atoms with E-state index in [0.29, 0.717) is 26.4 Å². The van der Waals surface area contributed by atoms with Crippen LogP contribution in [0, 0.1) is 6.92 Å². The minimum Gasteiger partial charge on any atom is -0.491 e. The minimum absolute atomic E-state index is 0.0342. The molecule has 1 amide bonds. The summed E-state index contributed by atoms with van der Waals surface area (Å²) in [6.07, 6.45) is 0. The first-order valence-corrected chi connectivity index (χ1v) is 6.54. The van der Waals surface area contributed by atoms with E-state index in [1.165, 1.54) is 0 Å². The predicted octanol–water partition coefficient (Wildman–Crippen LogP) is 0.478. The van der Waals surface area contributed by atoms with E-state index < -0.39 is 0 Å². The molecule has 1 aliphatic rings. The maximum absolute atomic E-state index is 11.8. The van der Waals surface area contributed by atoms with E-state index >= 15 is 0 Å². The lowest BCUT2D eigenvalue weighted by atomic mass is 10.2. The number of hydrogen-bond acceptors (Lipinski definition) is 4. The average molecular weight is 264 g/mol. The van der Waals surface area contributed by atoms with E-state index in [0.717, 1.165) is 17.9 Å². The second-order valence-electron chi connectivity index (χ2n) is 4.49. The van der Waals surface area contributed by atoms with Gasteiger partial charge < -0.3 is 20.1 Å². The molecule has 1 aromatic carbocycles. The Labute approximate surface area is 113 Å². The Kier molecular flexibility index (Phi) is 5.18. The number of carbonyl (C=O) groups is 1. The maximum atomic E-state index is 11.8. The molecule has 1 atom stereocenters. The van der Waals surface area contributed by atoms with Crippen molar-refractivity contribution < 1.29 is 14.3 Å². The SMILES string of the molecule is Cc1ccccc1OCCNC(=O)C1COCCN1. The highest BCUT2D eigenvalue weighted by atomic mass is 16.5. The molecule has 104 valence electrons. The Morgan fingerprint density at radius 2 is 2.37 bits per heavy atom. The summed E-state index contributed by atoms with van der Waals surface area (Å²) in [6.45, 7) is 4.77. The summed E-state index contributed by atoms with van der Waals surface area (Å²) in [7, 11) is 0. The fraction of sp³-hybridized carbons (Fsp3) is 0.500. The standard InChI is InChI=1S/C14H20N2O3/c1-11-4-2-3-5-13(11)19-9-7-16-14(17)12-10-18-8-6-15-12/h2-5,12,15H,6-10H2,1H3,(H,16,17). The highest BCUT2D eigenvalue weighted by Crippen LogP contribution is 2.15. The first-order valence-electron chi connectivity index (χ1n) is 6.54. The Morgan fingerprint density at radius 3 is 3.11 bits per heavy atom. The van der Waals surface area contributed by atoms with Gasteiger partial charge in [-0.1, -0.05) is 18.2 Å². The van der Waals surface area contributed by atoms with Crippen LogP contribution in [0.25, 0.3) is 0 Å². The molecule has 1 saturated heterocycles. The van der Waals surface area contributed by atoms with Crippen molar-refractivity contribution in [1.29, 1.82) is 0 Å². The lowest BCUT2D eigenvalue weighted by Crippen LogP contribution is -2.51. The summed E-state index contributed by atoms with van der Waals surface area (Å²) in [5.41, 5.74) is 1.09. The van der Waals surface area contributed by atoms with Crippen molar-refractivity contribution in [2.75, 3.05) is 32.9 Å². The molecular formula is C14H20N2O3. The Balaban J connectivity index is 1.66. The zero-order valence-electron chi connectivity index (χ0n) is 11.1. The lowest BCUT2D eigenvalue weighted by molar-refractivity contribution is -0.126. The van der Waals surface area contributed by atoms with Crippen LogP contribution in [0.3, 0.4) is 0 Å². The van der Waals surface area contributed by atoms with Gasteiger partial charge in [0.15, 0.2) is 0 Å². The third kappa shape index (κ3) is 4.22. The van der Waals surface area contributed by atoms with Crippen molar-refractivity contribution >= 4 is 5.91 Å². The molecular weight excluding hydrogens is 244 g/mol. The van der Waals surface area contributed by atoms with Crippen LogP contribution in [0.2, 0.25) is 0 Å². The summed E-state index contributed by atoms with van der Waals surface area (Å²) in [5.74, 6) is 0.823. The quantitative estimate of drug-likeness (QED) is 0.759. The number of aryl methyl sites for hydroxylation is 1. The van der Waals surface area contributed by atoms with Crippen LogP contribution >= 0.6 is 0 Å². The van der Waals surface area contributed by atoms with E-state index in [4.69, 9.17) is 9.47 Å². The van der Waals surface area contributed by atoms with Crippen LogP contribution in [0.4, 0.5) is 0 Å². The molecule has 1 fully saturated rings. The average Bonchev–Trinajstić information content (AvgIpc) is 2.46. The van der Waals surface area contributed by atoms with Crippen molar-refractivity contribution in [3.63, 3.8) is 0 Å². The molecule has 0 aromatic heterocycles. The van der Waals surface area contributed by atoms with Crippen molar-refractivity contribution in [2.45, 2.75) is 13.0 Å². The number of carbonyl (C=O) groups excluding carboxylic acids is 1. The molecule has 2 N–H and O–H groups in total. The number of benzene rings is 1. The van der Waals surface area contributed by atoms with Gasteiger partial charge in [0.2, 0.25) is 5.91 Å². The molecule has 1 unspecified atom stereocenters. The highest BCUT2D eigenvalue weighted by Gasteiger charge is 2.20. The molecule has 0 saturated carbocycles. The second kappa shape index (κ2) is 7.11. The summed E-state index contributed by atoms with van der Waals surface area (Å²) in [6, 6.07) is 7.58. The third-order valence-corrected chi connectivity index (χ3v) is 2.99. The van der Waals surface area contributed by atoms with Crippen molar-refractivity contribution in [3.8, 4) is 5.75 Å². The molecule has 5 heteroatoms. The van der Waals surface area contributed by atoms with E-state index in [2.05, 4.69) is 10.6 Å². The van der Waals surface area contributed by atoms with Gasteiger partial charge in [-0.3, -0.25) is 4.79 Å². The van der Waals surface area contributed by atoms with Gasteiger partial charge in [-0.2, -0.15) is 0 Å². The molecule has 0 spiro atoms. The number of rotatable bonds is 5. The van der Waals surface area contributed by atoms with Crippen LogP contribution in [0.5, 0.6) is 5.75 Å². The smallest absolute Gasteiger partial charge is 0.239 e. The number of hydrogen-bond donors (Lipinski definition) is 2. The van der Waals surface area contributed by atoms with Gasteiger partial charge in [-0.25, -0.2) is 0 Å². The Morgan fingerprint density at radius 1 is 1.53 bits per heavy atom. The highest BCUT2D eigenvalue weighted by molar-refractivity contribution is 5.81. The molecule has 0 radical (unpaired) electrons. The van der Waals surface area contributed by atoms with Gasteiger partial charge in [0.05, 0.1) is 19.8 Å². The molecule has 1 aromatic rings. The molecule has 1 heterocycles. The number of morpholine rings is 1. The monoisotopic (exact) mass is 264 g/mol. The first-order chi connectivity index (χ1) is 9.27. The zero-order valence-corrected chi connectivity index (χ0v) is 11.1. The number of nitrogens with one attached hydrogen (secondary N) is 2. The predicted molar refractivity (Wildman–Crippen MR) is 72.3 cm³/mol. The van der Waals surface area contributed by atoms with Gasteiger partial charge in [-0.05, 0) is 18.6 Å². The van der Waals surface area contributed by atoms with E-state index in [9.17, 15) is 4.79 Å². The topological polar surface area (TPSA) is 59.6 Å².